The van der Waals surface area contributed by atoms with E-state index in [0.29, 0.717) is 22.1 Å². The van der Waals surface area contributed by atoms with Crippen molar-refractivity contribution in [3.05, 3.63) is 177 Å². The molecule has 0 atom stereocenters. The summed E-state index contributed by atoms with van der Waals surface area (Å²) < 4.78 is 16.6. The van der Waals surface area contributed by atoms with Gasteiger partial charge in [-0.25, -0.2) is 15.0 Å². The van der Waals surface area contributed by atoms with E-state index in [1.54, 1.807) is 0 Å². The van der Waals surface area contributed by atoms with Gasteiger partial charge in [0, 0.05) is 18.6 Å². The van der Waals surface area contributed by atoms with Gasteiger partial charge in [-0.1, -0.05) is 110 Å². The fraction of sp³-hybridized carbons (Fsp3) is 0.312. The van der Waals surface area contributed by atoms with Gasteiger partial charge in [-0.3, -0.25) is 0 Å². The van der Waals surface area contributed by atoms with Crippen LogP contribution in [0.25, 0.3) is 0 Å². The van der Waals surface area contributed by atoms with Gasteiger partial charge in [0.15, 0.2) is 0 Å². The number of unbranched alkanes of at least 4 members (excludes halogenated alkanes) is 1. The Bertz CT molecular complexity index is 1940. The Hall–Kier alpha value is -4.62. The van der Waals surface area contributed by atoms with Gasteiger partial charge in [0.25, 0.3) is 0 Å². The second-order valence-electron chi connectivity index (χ2n) is 13.4. The minimum atomic E-state index is 0.541. The van der Waals surface area contributed by atoms with Crippen LogP contribution in [-0.2, 0) is 38.5 Å². The Balaban J connectivity index is 0.000000190. The van der Waals surface area contributed by atoms with Crippen molar-refractivity contribution in [2.75, 3.05) is 19.8 Å². The minimum absolute atomic E-state index is 0.541. The average Bonchev–Trinajstić information content (AvgIpc) is 3.24. The van der Waals surface area contributed by atoms with E-state index < -0.39 is 0 Å². The molecular formula is C48H54Cl3N3O3. The molecule has 0 aliphatic rings. The summed E-state index contributed by atoms with van der Waals surface area (Å²) in [7, 11) is 0. The van der Waals surface area contributed by atoms with Crippen LogP contribution in [0.3, 0.4) is 0 Å². The van der Waals surface area contributed by atoms with Crippen molar-refractivity contribution in [3.63, 3.8) is 0 Å². The lowest BCUT2D eigenvalue weighted by Gasteiger charge is -2.06. The molecular weight excluding hydrogens is 773 g/mol. The number of aromatic nitrogens is 3. The first-order chi connectivity index (χ1) is 27.8. The second-order valence-corrected chi connectivity index (χ2v) is 14.5. The molecule has 0 N–H and O–H groups in total. The molecule has 0 saturated carbocycles. The number of rotatable bonds is 18. The molecule has 0 aliphatic carbocycles. The smallest absolute Gasteiger partial charge is 0.129 e. The highest BCUT2D eigenvalue weighted by Crippen LogP contribution is 2.18. The van der Waals surface area contributed by atoms with Crippen LogP contribution in [0.1, 0.15) is 73.4 Å². The number of pyridine rings is 3. The van der Waals surface area contributed by atoms with E-state index in [-0.39, 0.29) is 0 Å². The molecule has 0 saturated heterocycles. The highest BCUT2D eigenvalue weighted by molar-refractivity contribution is 6.29. The average molecular weight is 827 g/mol. The largest absolute Gasteiger partial charge is 0.494 e. The molecule has 0 radical (unpaired) electrons. The predicted molar refractivity (Wildman–Crippen MR) is 237 cm³/mol. The molecule has 0 spiro atoms. The van der Waals surface area contributed by atoms with E-state index >= 15 is 0 Å². The third kappa shape index (κ3) is 18.5. The van der Waals surface area contributed by atoms with Crippen LogP contribution in [0, 0.1) is 0 Å². The summed E-state index contributed by atoms with van der Waals surface area (Å²) in [5.41, 5.74) is 7.52. The van der Waals surface area contributed by atoms with E-state index in [0.717, 1.165) is 88.2 Å². The Kier molecular flexibility index (Phi) is 20.8. The molecule has 0 aliphatic heterocycles. The maximum atomic E-state index is 5.77. The van der Waals surface area contributed by atoms with Crippen LogP contribution >= 0.6 is 34.8 Å². The minimum Gasteiger partial charge on any atom is -0.494 e. The van der Waals surface area contributed by atoms with E-state index in [1.165, 1.54) is 33.4 Å². The first-order valence-corrected chi connectivity index (χ1v) is 20.9. The molecule has 0 fully saturated rings. The molecule has 57 heavy (non-hydrogen) atoms. The van der Waals surface area contributed by atoms with Crippen molar-refractivity contribution in [2.45, 2.75) is 78.6 Å². The van der Waals surface area contributed by atoms with Gasteiger partial charge in [0.1, 0.15) is 32.7 Å². The third-order valence-electron chi connectivity index (χ3n) is 8.79. The molecule has 3 heterocycles. The summed E-state index contributed by atoms with van der Waals surface area (Å²) >= 11 is 17.3. The van der Waals surface area contributed by atoms with Crippen molar-refractivity contribution in [3.8, 4) is 17.2 Å². The first-order valence-electron chi connectivity index (χ1n) is 19.8. The van der Waals surface area contributed by atoms with Crippen LogP contribution in [0.5, 0.6) is 17.2 Å². The van der Waals surface area contributed by atoms with Gasteiger partial charge >= 0.3 is 0 Å². The zero-order valence-corrected chi connectivity index (χ0v) is 35.6. The Morgan fingerprint density at radius 3 is 0.982 bits per heavy atom. The maximum Gasteiger partial charge on any atom is 0.129 e. The van der Waals surface area contributed by atoms with Crippen LogP contribution in [0.15, 0.2) is 128 Å². The summed E-state index contributed by atoms with van der Waals surface area (Å²) in [5, 5.41) is 1.63. The number of benzene rings is 3. The number of nitrogens with zero attached hydrogens (tertiary/aromatic N) is 3. The van der Waals surface area contributed by atoms with E-state index in [1.807, 2.05) is 98.3 Å². The van der Waals surface area contributed by atoms with E-state index in [4.69, 9.17) is 49.0 Å². The topological polar surface area (TPSA) is 66.4 Å². The molecule has 6 aromatic rings. The maximum absolute atomic E-state index is 5.77. The number of aryl methyl sites for hydroxylation is 6. The van der Waals surface area contributed by atoms with Gasteiger partial charge in [0.2, 0.25) is 0 Å². The van der Waals surface area contributed by atoms with Gasteiger partial charge in [-0.05, 0) is 146 Å². The third-order valence-corrected chi connectivity index (χ3v) is 9.46. The van der Waals surface area contributed by atoms with Gasteiger partial charge in [-0.2, -0.15) is 0 Å². The van der Waals surface area contributed by atoms with Crippen molar-refractivity contribution in [1.29, 1.82) is 0 Å². The van der Waals surface area contributed by atoms with Crippen molar-refractivity contribution in [1.82, 2.24) is 15.0 Å². The zero-order valence-electron chi connectivity index (χ0n) is 33.3. The molecule has 3 aromatic carbocycles. The van der Waals surface area contributed by atoms with Crippen molar-refractivity contribution >= 4 is 34.8 Å². The molecule has 3 aromatic heterocycles. The summed E-state index contributed by atoms with van der Waals surface area (Å²) in [4.78, 5) is 12.3. The molecule has 300 valence electrons. The Morgan fingerprint density at radius 1 is 0.368 bits per heavy atom. The first kappa shape index (κ1) is 45.1. The van der Waals surface area contributed by atoms with Gasteiger partial charge < -0.3 is 14.2 Å². The molecule has 0 amide bonds. The van der Waals surface area contributed by atoms with E-state index in [2.05, 4.69) is 65.2 Å². The van der Waals surface area contributed by atoms with Crippen molar-refractivity contribution < 1.29 is 14.2 Å². The summed E-state index contributed by atoms with van der Waals surface area (Å²) in [5.74, 6) is 2.82. The fourth-order valence-corrected chi connectivity index (χ4v) is 5.84. The highest BCUT2D eigenvalue weighted by atomic mass is 35.5. The quantitative estimate of drug-likeness (QED) is 0.0635. The summed E-state index contributed by atoms with van der Waals surface area (Å²) in [6.45, 7) is 8.53. The molecule has 6 nitrogen and oxygen atoms in total. The molecule has 6 rings (SSSR count). The van der Waals surface area contributed by atoms with Crippen LogP contribution in [0.4, 0.5) is 0 Å². The SMILES string of the molecule is CCCCOc1ccc(CCc2ccc(Cl)nc2)cc1.CCCOc1ccc(CCc2ccc(Cl)nc2)cc1.CCOc1ccc(CCc2ccc(Cl)nc2)cc1. The highest BCUT2D eigenvalue weighted by Gasteiger charge is 2.01. The number of hydrogen-bond acceptors (Lipinski definition) is 6. The molecule has 9 heteroatoms. The Morgan fingerprint density at radius 2 is 0.684 bits per heavy atom. The fourth-order valence-electron chi connectivity index (χ4n) is 5.51. The molecule has 0 bridgehead atoms. The number of ether oxygens (including phenoxy) is 3. The van der Waals surface area contributed by atoms with Crippen LogP contribution in [0.2, 0.25) is 15.5 Å². The number of hydrogen-bond donors (Lipinski definition) is 0. The van der Waals surface area contributed by atoms with Crippen LogP contribution < -0.4 is 14.2 Å². The second kappa shape index (κ2) is 26.3. The van der Waals surface area contributed by atoms with Crippen LogP contribution in [-0.4, -0.2) is 34.8 Å². The summed E-state index contributed by atoms with van der Waals surface area (Å²) in [6, 6.07) is 36.5. The lowest BCUT2D eigenvalue weighted by atomic mass is 10.1. The monoisotopic (exact) mass is 825 g/mol. The summed E-state index contributed by atoms with van der Waals surface area (Å²) in [6.07, 6.45) is 14.7. The lowest BCUT2D eigenvalue weighted by molar-refractivity contribution is 0.309. The van der Waals surface area contributed by atoms with E-state index in [9.17, 15) is 0 Å². The normalized spacial score (nSPS) is 10.4. The van der Waals surface area contributed by atoms with Crippen molar-refractivity contribution in [2.24, 2.45) is 0 Å². The lowest BCUT2D eigenvalue weighted by Crippen LogP contribution is -1.97. The predicted octanol–water partition coefficient (Wildman–Crippen LogP) is 12.9. The number of halogens is 3. The van der Waals surface area contributed by atoms with Gasteiger partial charge in [-0.15, -0.1) is 0 Å². The zero-order chi connectivity index (χ0) is 40.5. The Labute approximate surface area is 354 Å². The van der Waals surface area contributed by atoms with Gasteiger partial charge in [0.05, 0.1) is 19.8 Å². The standard InChI is InChI=1S/C17H20ClNO.C16H18ClNO.C15H16ClNO/c1-2-3-12-20-16-9-6-14(7-10-16)4-5-15-8-11-17(18)19-13-15;1-2-11-19-15-8-5-13(6-9-15)3-4-14-7-10-16(17)18-12-14;1-2-18-14-8-5-12(6-9-14)3-4-13-7-10-15(16)17-11-13/h6-11,13H,2-5,12H2,1H3;5-10,12H,2-4,11H2,1H3;5-11H,2-4H2,1H3. The molecule has 0 unspecified atom stereocenters.